The van der Waals surface area contributed by atoms with Gasteiger partial charge in [-0.15, -0.1) is 5.10 Å². The Balaban J connectivity index is 1.72. The summed E-state index contributed by atoms with van der Waals surface area (Å²) in [5.74, 6) is 1.53. The van der Waals surface area contributed by atoms with E-state index in [1.54, 1.807) is 31.5 Å². The normalized spacial score (nSPS) is 21.2. The molecular weight excluding hydrogens is 411 g/mol. The zero-order valence-corrected chi connectivity index (χ0v) is 19.1. The molecule has 30 heavy (non-hydrogen) atoms. The molecule has 3 atom stereocenters. The van der Waals surface area contributed by atoms with Crippen molar-refractivity contribution in [1.29, 1.82) is 0 Å². The maximum Gasteiger partial charge on any atom is 0.410 e. The number of piperidine rings is 1. The zero-order valence-electron chi connectivity index (χ0n) is 18.3. The summed E-state index contributed by atoms with van der Waals surface area (Å²) >= 11 is 6.24. The molecule has 0 bridgehead atoms. The number of fused-ring (bicyclic) bond motifs is 1. The maximum absolute atomic E-state index is 14.8. The van der Waals surface area contributed by atoms with E-state index in [1.165, 1.54) is 4.90 Å². The molecule has 1 aliphatic heterocycles. The highest BCUT2D eigenvalue weighted by molar-refractivity contribution is 6.32. The summed E-state index contributed by atoms with van der Waals surface area (Å²) < 4.78 is 21.8. The van der Waals surface area contributed by atoms with Gasteiger partial charge in [-0.2, -0.15) is 0 Å². The Labute approximate surface area is 181 Å². The smallest absolute Gasteiger partial charge is 0.410 e. The van der Waals surface area contributed by atoms with Crippen molar-refractivity contribution in [2.45, 2.75) is 71.7 Å². The molecule has 1 N–H and O–H groups in total. The summed E-state index contributed by atoms with van der Waals surface area (Å²) in [6.45, 7) is 12.0. The third-order valence-electron chi connectivity index (χ3n) is 5.29. The van der Waals surface area contributed by atoms with Crippen molar-refractivity contribution in [3.63, 3.8) is 0 Å². The van der Waals surface area contributed by atoms with Crippen LogP contribution in [-0.4, -0.2) is 61.5 Å². The van der Waals surface area contributed by atoms with E-state index in [9.17, 15) is 9.18 Å². The van der Waals surface area contributed by atoms with Gasteiger partial charge in [-0.05, 0) is 33.1 Å². The fraction of sp³-hybridized carbons (Fsp3) is 0.700. The molecule has 1 aliphatic rings. The average molecular weight is 441 g/mol. The van der Waals surface area contributed by atoms with Crippen molar-refractivity contribution >= 4 is 29.2 Å². The molecule has 1 amide bonds. The van der Waals surface area contributed by atoms with Crippen molar-refractivity contribution in [2.24, 2.45) is 5.92 Å². The lowest BCUT2D eigenvalue weighted by atomic mass is 9.98. The number of alkyl halides is 1. The minimum atomic E-state index is -1.27. The van der Waals surface area contributed by atoms with Crippen LogP contribution >= 0.6 is 11.6 Å². The summed E-state index contributed by atoms with van der Waals surface area (Å²) in [5.41, 5.74) is -0.000672. The molecule has 2 aromatic rings. The zero-order chi connectivity index (χ0) is 22.2. The SMILES string of the molecule is CC(C)C(C)c1nc(Cl)c2cnc(NC3CCN(C(=O)OC(C)(C)C)CC3F)nn12. The summed E-state index contributed by atoms with van der Waals surface area (Å²) in [4.78, 5) is 22.3. The first-order valence-corrected chi connectivity index (χ1v) is 10.6. The molecule has 1 saturated heterocycles. The molecule has 0 aliphatic carbocycles. The van der Waals surface area contributed by atoms with Crippen LogP contribution in [0.25, 0.3) is 5.52 Å². The Morgan fingerprint density at radius 2 is 2.07 bits per heavy atom. The topological polar surface area (TPSA) is 84.7 Å². The molecule has 2 aromatic heterocycles. The third kappa shape index (κ3) is 4.94. The predicted octanol–water partition coefficient (Wildman–Crippen LogP) is 4.30. The molecule has 8 nitrogen and oxygen atoms in total. The van der Waals surface area contributed by atoms with Crippen LogP contribution in [0.4, 0.5) is 15.1 Å². The minimum Gasteiger partial charge on any atom is -0.444 e. The van der Waals surface area contributed by atoms with Gasteiger partial charge in [0.15, 0.2) is 5.15 Å². The Kier molecular flexibility index (Phi) is 6.40. The lowest BCUT2D eigenvalue weighted by molar-refractivity contribution is 0.0125. The molecule has 0 spiro atoms. The van der Waals surface area contributed by atoms with Gasteiger partial charge in [-0.3, -0.25) is 0 Å². The fourth-order valence-electron chi connectivity index (χ4n) is 3.26. The number of aromatic nitrogens is 4. The summed E-state index contributed by atoms with van der Waals surface area (Å²) in [6, 6.07) is -0.508. The number of hydrogen-bond acceptors (Lipinski definition) is 6. The second-order valence-electron chi connectivity index (χ2n) is 9.15. The largest absolute Gasteiger partial charge is 0.444 e. The van der Waals surface area contributed by atoms with Gasteiger partial charge in [0.1, 0.15) is 23.1 Å². The van der Waals surface area contributed by atoms with Crippen molar-refractivity contribution in [2.75, 3.05) is 18.4 Å². The number of rotatable bonds is 4. The van der Waals surface area contributed by atoms with E-state index < -0.39 is 23.9 Å². The number of imidazole rings is 1. The number of ether oxygens (including phenoxy) is 1. The highest BCUT2D eigenvalue weighted by Crippen LogP contribution is 2.27. The van der Waals surface area contributed by atoms with Gasteiger partial charge in [-0.1, -0.05) is 32.4 Å². The number of nitrogens with zero attached hydrogens (tertiary/aromatic N) is 5. The lowest BCUT2D eigenvalue weighted by Crippen LogP contribution is -2.51. The Morgan fingerprint density at radius 1 is 1.37 bits per heavy atom. The molecule has 3 rings (SSSR count). The van der Waals surface area contributed by atoms with E-state index in [0.717, 1.165) is 5.82 Å². The summed E-state index contributed by atoms with van der Waals surface area (Å²) in [5, 5.41) is 7.92. The molecule has 3 unspecified atom stereocenters. The molecule has 10 heteroatoms. The number of carbonyl (C=O) groups excluding carboxylic acids is 1. The highest BCUT2D eigenvalue weighted by Gasteiger charge is 2.34. The van der Waals surface area contributed by atoms with Crippen LogP contribution in [0, 0.1) is 5.92 Å². The fourth-order valence-corrected chi connectivity index (χ4v) is 3.47. The number of carbonyl (C=O) groups is 1. The standard InChI is InChI=1S/C20H30ClFN6O2/c1-11(2)12(3)17-25-16(21)15-9-23-18(26-28(15)17)24-14-7-8-27(10-13(14)22)19(29)30-20(4,5)6/h9,11-14H,7-8,10H2,1-6H3,(H,24,26). The van der Waals surface area contributed by atoms with Gasteiger partial charge >= 0.3 is 6.09 Å². The predicted molar refractivity (Wildman–Crippen MR) is 114 cm³/mol. The van der Waals surface area contributed by atoms with E-state index in [4.69, 9.17) is 16.3 Å². The highest BCUT2D eigenvalue weighted by atomic mass is 35.5. The van der Waals surface area contributed by atoms with Crippen LogP contribution in [0.2, 0.25) is 5.15 Å². The molecule has 0 radical (unpaired) electrons. The molecule has 0 saturated carbocycles. The second-order valence-corrected chi connectivity index (χ2v) is 9.51. The first kappa shape index (κ1) is 22.5. The number of anilines is 1. The average Bonchev–Trinajstić information content (AvgIpc) is 2.97. The van der Waals surface area contributed by atoms with Crippen LogP contribution in [0.1, 0.15) is 59.7 Å². The number of nitrogens with one attached hydrogen (secondary N) is 1. The summed E-state index contributed by atoms with van der Waals surface area (Å²) in [7, 11) is 0. The van der Waals surface area contributed by atoms with Crippen molar-refractivity contribution in [3.8, 4) is 0 Å². The van der Waals surface area contributed by atoms with Crippen LogP contribution in [0.3, 0.4) is 0 Å². The van der Waals surface area contributed by atoms with Gasteiger partial charge in [0.2, 0.25) is 5.95 Å². The van der Waals surface area contributed by atoms with Crippen LogP contribution in [-0.2, 0) is 4.74 Å². The second kappa shape index (κ2) is 8.53. The quantitative estimate of drug-likeness (QED) is 0.763. The first-order chi connectivity index (χ1) is 14.0. The number of amides is 1. The van der Waals surface area contributed by atoms with E-state index in [1.807, 2.05) is 0 Å². The van der Waals surface area contributed by atoms with E-state index in [-0.39, 0.29) is 12.5 Å². The molecule has 1 fully saturated rings. The minimum absolute atomic E-state index is 0.0403. The molecule has 166 valence electrons. The van der Waals surface area contributed by atoms with Crippen molar-refractivity contribution in [1.82, 2.24) is 24.5 Å². The van der Waals surface area contributed by atoms with E-state index in [0.29, 0.717) is 35.5 Å². The van der Waals surface area contributed by atoms with Crippen LogP contribution in [0.5, 0.6) is 0 Å². The Bertz CT molecular complexity index is 913. The van der Waals surface area contributed by atoms with Crippen LogP contribution < -0.4 is 5.32 Å². The van der Waals surface area contributed by atoms with Gasteiger partial charge in [0.25, 0.3) is 0 Å². The van der Waals surface area contributed by atoms with Crippen LogP contribution in [0.15, 0.2) is 6.20 Å². The summed E-state index contributed by atoms with van der Waals surface area (Å²) in [6.07, 6.45) is 0.235. The van der Waals surface area contributed by atoms with Gasteiger partial charge in [-0.25, -0.2) is 23.7 Å². The number of likely N-dealkylation sites (tertiary alicyclic amines) is 1. The van der Waals surface area contributed by atoms with E-state index >= 15 is 0 Å². The molecular formula is C20H30ClFN6O2. The third-order valence-corrected chi connectivity index (χ3v) is 5.57. The van der Waals surface area contributed by atoms with Crippen molar-refractivity contribution < 1.29 is 13.9 Å². The molecule has 3 heterocycles. The van der Waals surface area contributed by atoms with Gasteiger partial charge in [0, 0.05) is 12.5 Å². The first-order valence-electron chi connectivity index (χ1n) is 10.3. The lowest BCUT2D eigenvalue weighted by Gasteiger charge is -2.35. The monoisotopic (exact) mass is 440 g/mol. The van der Waals surface area contributed by atoms with Gasteiger partial charge in [0.05, 0.1) is 18.8 Å². The Hall–Kier alpha value is -2.16. The van der Waals surface area contributed by atoms with E-state index in [2.05, 4.69) is 41.2 Å². The maximum atomic E-state index is 14.8. The molecule has 0 aromatic carbocycles. The number of halogens is 2. The van der Waals surface area contributed by atoms with Crippen molar-refractivity contribution in [3.05, 3.63) is 17.2 Å². The number of hydrogen-bond donors (Lipinski definition) is 1. The van der Waals surface area contributed by atoms with Gasteiger partial charge < -0.3 is 15.0 Å². The Morgan fingerprint density at radius 3 is 2.67 bits per heavy atom.